The minimum absolute atomic E-state index is 0.0290. The van der Waals surface area contributed by atoms with Crippen LogP contribution in [0.25, 0.3) is 0 Å². The highest BCUT2D eigenvalue weighted by Gasteiger charge is 2.19. The second kappa shape index (κ2) is 6.06. The fourth-order valence-electron chi connectivity index (χ4n) is 1.84. The van der Waals surface area contributed by atoms with Crippen LogP contribution in [-0.4, -0.2) is 31.1 Å². The predicted molar refractivity (Wildman–Crippen MR) is 78.6 cm³/mol. The Balaban J connectivity index is 2.34. The van der Waals surface area contributed by atoms with Crippen LogP contribution in [0.5, 0.6) is 0 Å². The fourth-order valence-corrected chi connectivity index (χ4v) is 3.04. The molecular weight excluding hydrogens is 292 g/mol. The van der Waals surface area contributed by atoms with Crippen LogP contribution in [0.15, 0.2) is 35.4 Å². The molecule has 0 saturated carbocycles. The van der Waals surface area contributed by atoms with Gasteiger partial charge in [0, 0.05) is 12.2 Å². The molecular formula is C13H16N4O3S. The van der Waals surface area contributed by atoms with Gasteiger partial charge in [-0.25, -0.2) is 13.1 Å². The highest BCUT2D eigenvalue weighted by atomic mass is 32.2. The molecule has 1 aromatic heterocycles. The Morgan fingerprint density at radius 1 is 1.33 bits per heavy atom. The molecule has 1 aromatic carbocycles. The number of nitrogens with zero attached hydrogens (tertiary/aromatic N) is 1. The van der Waals surface area contributed by atoms with E-state index < -0.39 is 15.9 Å². The average molecular weight is 308 g/mol. The van der Waals surface area contributed by atoms with Crippen molar-refractivity contribution >= 4 is 21.6 Å². The molecule has 8 heteroatoms. The number of aryl methyl sites for hydroxylation is 1. The largest absolute Gasteiger partial charge is 0.321 e. The van der Waals surface area contributed by atoms with E-state index in [1.54, 1.807) is 26.0 Å². The summed E-state index contributed by atoms with van der Waals surface area (Å²) >= 11 is 0. The van der Waals surface area contributed by atoms with Crippen LogP contribution in [-0.2, 0) is 10.0 Å². The van der Waals surface area contributed by atoms with Gasteiger partial charge in [-0.3, -0.25) is 9.89 Å². The van der Waals surface area contributed by atoms with Gasteiger partial charge in [0.05, 0.1) is 17.4 Å². The maximum atomic E-state index is 12.1. The zero-order valence-corrected chi connectivity index (χ0v) is 12.5. The van der Waals surface area contributed by atoms with E-state index in [-0.39, 0.29) is 17.1 Å². The minimum atomic E-state index is -3.65. The molecule has 2 aromatic rings. The van der Waals surface area contributed by atoms with E-state index in [1.807, 2.05) is 0 Å². The monoisotopic (exact) mass is 308 g/mol. The summed E-state index contributed by atoms with van der Waals surface area (Å²) in [6.07, 6.45) is 1.39. The van der Waals surface area contributed by atoms with Crippen LogP contribution in [0, 0.1) is 6.92 Å². The number of rotatable bonds is 5. The first kappa shape index (κ1) is 15.2. The first-order valence-electron chi connectivity index (χ1n) is 6.35. The van der Waals surface area contributed by atoms with Crippen LogP contribution < -0.4 is 10.0 Å². The molecule has 0 atom stereocenters. The lowest BCUT2D eigenvalue weighted by atomic mass is 10.2. The maximum Gasteiger partial charge on any atom is 0.259 e. The van der Waals surface area contributed by atoms with Gasteiger partial charge in [0.25, 0.3) is 5.91 Å². The molecule has 2 rings (SSSR count). The van der Waals surface area contributed by atoms with Gasteiger partial charge in [0.2, 0.25) is 10.0 Å². The van der Waals surface area contributed by atoms with Gasteiger partial charge in [0.15, 0.2) is 0 Å². The van der Waals surface area contributed by atoms with E-state index in [2.05, 4.69) is 20.2 Å². The molecule has 21 heavy (non-hydrogen) atoms. The number of amides is 1. The summed E-state index contributed by atoms with van der Waals surface area (Å²) in [6.45, 7) is 3.67. The number of carbonyl (C=O) groups excluding carboxylic acids is 1. The first-order valence-corrected chi connectivity index (χ1v) is 7.84. The third kappa shape index (κ3) is 3.29. The number of H-pyrrole nitrogens is 1. The third-order valence-electron chi connectivity index (χ3n) is 2.83. The molecule has 1 amide bonds. The van der Waals surface area contributed by atoms with Gasteiger partial charge in [0.1, 0.15) is 4.90 Å². The minimum Gasteiger partial charge on any atom is -0.321 e. The topological polar surface area (TPSA) is 104 Å². The molecule has 0 saturated heterocycles. The molecule has 0 aliphatic heterocycles. The smallest absolute Gasteiger partial charge is 0.259 e. The van der Waals surface area contributed by atoms with Crippen molar-refractivity contribution in [1.82, 2.24) is 14.9 Å². The SMILES string of the molecule is CCNS(=O)(=O)c1ccccc1NC(=O)c1cn[nH]c1C. The number of aromatic amines is 1. The second-order valence-corrected chi connectivity index (χ2v) is 6.10. The Morgan fingerprint density at radius 2 is 2.05 bits per heavy atom. The summed E-state index contributed by atoms with van der Waals surface area (Å²) in [6, 6.07) is 6.24. The number of sulfonamides is 1. The normalized spacial score (nSPS) is 11.3. The summed E-state index contributed by atoms with van der Waals surface area (Å²) in [5.74, 6) is -0.416. The Kier molecular flexibility index (Phi) is 4.39. The molecule has 0 aliphatic carbocycles. The van der Waals surface area contributed by atoms with E-state index in [4.69, 9.17) is 0 Å². The number of nitrogens with one attached hydrogen (secondary N) is 3. The van der Waals surface area contributed by atoms with Gasteiger partial charge in [-0.05, 0) is 19.1 Å². The summed E-state index contributed by atoms with van der Waals surface area (Å²) in [5.41, 5.74) is 1.20. The van der Waals surface area contributed by atoms with Crippen LogP contribution >= 0.6 is 0 Å². The van der Waals surface area contributed by atoms with E-state index in [1.165, 1.54) is 18.3 Å². The number of aromatic nitrogens is 2. The van der Waals surface area contributed by atoms with Crippen molar-refractivity contribution in [3.8, 4) is 0 Å². The Hall–Kier alpha value is -2.19. The van der Waals surface area contributed by atoms with Crippen LogP contribution in [0.1, 0.15) is 23.0 Å². The van der Waals surface area contributed by atoms with Crippen LogP contribution in [0.3, 0.4) is 0 Å². The van der Waals surface area contributed by atoms with Gasteiger partial charge < -0.3 is 5.32 Å². The molecule has 3 N–H and O–H groups in total. The van der Waals surface area contributed by atoms with Crippen LogP contribution in [0.4, 0.5) is 5.69 Å². The zero-order chi connectivity index (χ0) is 15.5. The lowest BCUT2D eigenvalue weighted by molar-refractivity contribution is 0.102. The van der Waals surface area contributed by atoms with E-state index in [0.717, 1.165) is 0 Å². The van der Waals surface area contributed by atoms with E-state index in [9.17, 15) is 13.2 Å². The third-order valence-corrected chi connectivity index (χ3v) is 4.44. The highest BCUT2D eigenvalue weighted by Crippen LogP contribution is 2.21. The van der Waals surface area contributed by atoms with Crippen molar-refractivity contribution < 1.29 is 13.2 Å². The summed E-state index contributed by atoms with van der Waals surface area (Å²) < 4.78 is 26.6. The fraction of sp³-hybridized carbons (Fsp3) is 0.231. The van der Waals surface area contributed by atoms with Gasteiger partial charge in [-0.15, -0.1) is 0 Å². The molecule has 0 spiro atoms. The van der Waals surface area contributed by atoms with Crippen LogP contribution in [0.2, 0.25) is 0 Å². The van der Waals surface area contributed by atoms with Crippen molar-refractivity contribution in [2.45, 2.75) is 18.7 Å². The first-order chi connectivity index (χ1) is 9.95. The molecule has 0 bridgehead atoms. The average Bonchev–Trinajstić information content (AvgIpc) is 2.85. The maximum absolute atomic E-state index is 12.1. The van der Waals surface area contributed by atoms with Gasteiger partial charge in [-0.1, -0.05) is 19.1 Å². The van der Waals surface area contributed by atoms with Crippen molar-refractivity contribution in [2.24, 2.45) is 0 Å². The van der Waals surface area contributed by atoms with E-state index >= 15 is 0 Å². The molecule has 0 aliphatic rings. The Morgan fingerprint density at radius 3 is 2.67 bits per heavy atom. The lowest BCUT2D eigenvalue weighted by Crippen LogP contribution is -2.25. The molecule has 0 radical (unpaired) electrons. The predicted octanol–water partition coefficient (Wildman–Crippen LogP) is 1.27. The van der Waals surface area contributed by atoms with Crippen molar-refractivity contribution in [3.63, 3.8) is 0 Å². The molecule has 7 nitrogen and oxygen atoms in total. The number of benzene rings is 1. The highest BCUT2D eigenvalue weighted by molar-refractivity contribution is 7.89. The standard InChI is InChI=1S/C13H16N4O3S/c1-3-15-21(19,20)12-7-5-4-6-11(12)16-13(18)10-8-14-17-9(10)2/h4-8,15H,3H2,1-2H3,(H,14,17)(H,16,18). The Bertz CT molecular complexity index is 752. The number of anilines is 1. The molecule has 112 valence electrons. The number of hydrogen-bond donors (Lipinski definition) is 3. The number of para-hydroxylation sites is 1. The number of carbonyl (C=O) groups is 1. The zero-order valence-electron chi connectivity index (χ0n) is 11.7. The quantitative estimate of drug-likeness (QED) is 0.773. The number of hydrogen-bond acceptors (Lipinski definition) is 4. The van der Waals surface area contributed by atoms with E-state index in [0.29, 0.717) is 11.3 Å². The summed E-state index contributed by atoms with van der Waals surface area (Å²) in [7, 11) is -3.65. The Labute approximate surface area is 122 Å². The van der Waals surface area contributed by atoms with Gasteiger partial charge in [-0.2, -0.15) is 5.10 Å². The second-order valence-electron chi connectivity index (χ2n) is 4.36. The lowest BCUT2D eigenvalue weighted by Gasteiger charge is -2.11. The van der Waals surface area contributed by atoms with Crippen molar-refractivity contribution in [1.29, 1.82) is 0 Å². The van der Waals surface area contributed by atoms with Crippen molar-refractivity contribution in [2.75, 3.05) is 11.9 Å². The van der Waals surface area contributed by atoms with Crippen molar-refractivity contribution in [3.05, 3.63) is 41.7 Å². The van der Waals surface area contributed by atoms with Gasteiger partial charge >= 0.3 is 0 Å². The molecule has 0 fully saturated rings. The summed E-state index contributed by atoms with van der Waals surface area (Å²) in [5, 5.41) is 9.03. The molecule has 1 heterocycles. The molecule has 0 unspecified atom stereocenters. The summed E-state index contributed by atoms with van der Waals surface area (Å²) in [4.78, 5) is 12.2.